The number of rotatable bonds is 3. The van der Waals surface area contributed by atoms with Gasteiger partial charge in [-0.15, -0.1) is 0 Å². The van der Waals surface area contributed by atoms with E-state index < -0.39 is 0 Å². The fraction of sp³-hybridized carbons (Fsp3) is 0.615. The molecule has 0 spiro atoms. The first-order valence-electron chi connectivity index (χ1n) is 6.33. The average molecular weight is 248 g/mol. The van der Waals surface area contributed by atoms with Crippen LogP contribution in [0.2, 0.25) is 0 Å². The Bertz CT molecular complexity index is 452. The summed E-state index contributed by atoms with van der Waals surface area (Å²) in [5.74, 6) is 2.17. The van der Waals surface area contributed by atoms with Gasteiger partial charge >= 0.3 is 0 Å². The Hall–Kier alpha value is -1.65. The number of carbonyl (C=O) groups excluding carboxylic acids is 1. The Morgan fingerprint density at radius 3 is 2.67 bits per heavy atom. The number of nitrogens with zero attached hydrogens (tertiary/aromatic N) is 3. The monoisotopic (exact) mass is 248 g/mol. The van der Waals surface area contributed by atoms with Gasteiger partial charge in [0, 0.05) is 31.8 Å². The second kappa shape index (κ2) is 4.92. The van der Waals surface area contributed by atoms with Crippen LogP contribution in [0.1, 0.15) is 38.2 Å². The molecule has 0 unspecified atom stereocenters. The molecule has 0 saturated carbocycles. The van der Waals surface area contributed by atoms with Gasteiger partial charge in [0.1, 0.15) is 11.6 Å². The van der Waals surface area contributed by atoms with Gasteiger partial charge in [0.25, 0.3) is 0 Å². The van der Waals surface area contributed by atoms with E-state index in [4.69, 9.17) is 0 Å². The van der Waals surface area contributed by atoms with Crippen LogP contribution in [0.25, 0.3) is 0 Å². The van der Waals surface area contributed by atoms with Crippen molar-refractivity contribution in [2.75, 3.05) is 18.4 Å². The third-order valence-corrected chi connectivity index (χ3v) is 3.13. The zero-order valence-corrected chi connectivity index (χ0v) is 11.4. The third kappa shape index (κ3) is 2.78. The predicted octanol–water partition coefficient (Wildman–Crippen LogP) is 1.55. The first kappa shape index (κ1) is 12.8. The number of likely N-dealkylation sites (tertiary alicyclic amines) is 1. The fourth-order valence-corrected chi connectivity index (χ4v) is 2.00. The highest BCUT2D eigenvalue weighted by molar-refractivity contribution is 5.74. The number of amides is 1. The topological polar surface area (TPSA) is 58.1 Å². The van der Waals surface area contributed by atoms with Crippen molar-refractivity contribution in [3.05, 3.63) is 17.6 Å². The smallest absolute Gasteiger partial charge is 0.219 e. The maximum Gasteiger partial charge on any atom is 0.219 e. The molecule has 1 aromatic heterocycles. The lowest BCUT2D eigenvalue weighted by molar-refractivity contribution is -0.132. The first-order chi connectivity index (χ1) is 8.45. The van der Waals surface area contributed by atoms with Crippen LogP contribution in [0.3, 0.4) is 0 Å². The molecule has 1 amide bonds. The SMILES string of the molecule is CC(=O)N1CC(Nc2cc(C(C)C)nc(C)n2)C1. The molecule has 0 atom stereocenters. The maximum atomic E-state index is 11.1. The molecule has 18 heavy (non-hydrogen) atoms. The molecule has 0 aliphatic carbocycles. The van der Waals surface area contributed by atoms with Crippen LogP contribution in [0.4, 0.5) is 5.82 Å². The maximum absolute atomic E-state index is 11.1. The minimum Gasteiger partial charge on any atom is -0.364 e. The molecule has 1 N–H and O–H groups in total. The van der Waals surface area contributed by atoms with Gasteiger partial charge in [-0.05, 0) is 12.8 Å². The van der Waals surface area contributed by atoms with E-state index in [2.05, 4.69) is 29.1 Å². The number of anilines is 1. The molecular formula is C13H20N4O. The molecule has 1 aliphatic rings. The molecule has 1 fully saturated rings. The molecule has 1 saturated heterocycles. The van der Waals surface area contributed by atoms with Crippen LogP contribution in [0.15, 0.2) is 6.07 Å². The Morgan fingerprint density at radius 1 is 1.44 bits per heavy atom. The van der Waals surface area contributed by atoms with Gasteiger partial charge in [-0.1, -0.05) is 13.8 Å². The first-order valence-corrected chi connectivity index (χ1v) is 6.33. The molecule has 5 heteroatoms. The van der Waals surface area contributed by atoms with E-state index in [9.17, 15) is 4.79 Å². The van der Waals surface area contributed by atoms with Crippen molar-refractivity contribution >= 4 is 11.7 Å². The molecule has 2 heterocycles. The molecule has 5 nitrogen and oxygen atoms in total. The van der Waals surface area contributed by atoms with E-state index in [-0.39, 0.29) is 5.91 Å². The van der Waals surface area contributed by atoms with Crippen molar-refractivity contribution < 1.29 is 4.79 Å². The quantitative estimate of drug-likeness (QED) is 0.881. The summed E-state index contributed by atoms with van der Waals surface area (Å²) in [6.45, 7) is 9.26. The second-order valence-electron chi connectivity index (χ2n) is 5.15. The summed E-state index contributed by atoms with van der Waals surface area (Å²) in [7, 11) is 0. The zero-order chi connectivity index (χ0) is 13.3. The van der Waals surface area contributed by atoms with Crippen molar-refractivity contribution in [1.82, 2.24) is 14.9 Å². The van der Waals surface area contributed by atoms with E-state index in [0.717, 1.165) is 30.4 Å². The summed E-state index contributed by atoms with van der Waals surface area (Å²) < 4.78 is 0. The number of carbonyl (C=O) groups is 1. The lowest BCUT2D eigenvalue weighted by Crippen LogP contribution is -2.56. The number of hydrogen-bond donors (Lipinski definition) is 1. The van der Waals surface area contributed by atoms with E-state index in [0.29, 0.717) is 12.0 Å². The molecule has 1 aromatic rings. The van der Waals surface area contributed by atoms with Crippen molar-refractivity contribution in [3.8, 4) is 0 Å². The summed E-state index contributed by atoms with van der Waals surface area (Å²) in [6.07, 6.45) is 0. The second-order valence-corrected chi connectivity index (χ2v) is 5.15. The average Bonchev–Trinajstić information content (AvgIpc) is 2.21. The Balaban J connectivity index is 2.00. The van der Waals surface area contributed by atoms with Crippen LogP contribution in [-0.4, -0.2) is 39.9 Å². The van der Waals surface area contributed by atoms with Crippen molar-refractivity contribution in [1.29, 1.82) is 0 Å². The standard InChI is InChI=1S/C13H20N4O/c1-8(2)12-5-13(15-9(3)14-12)16-11-6-17(7-11)10(4)18/h5,8,11H,6-7H2,1-4H3,(H,14,15,16). The summed E-state index contributed by atoms with van der Waals surface area (Å²) >= 11 is 0. The molecule has 0 aromatic carbocycles. The van der Waals surface area contributed by atoms with Crippen LogP contribution < -0.4 is 5.32 Å². The van der Waals surface area contributed by atoms with Crippen LogP contribution in [-0.2, 0) is 4.79 Å². The van der Waals surface area contributed by atoms with E-state index in [1.165, 1.54) is 0 Å². The zero-order valence-electron chi connectivity index (χ0n) is 11.4. The van der Waals surface area contributed by atoms with E-state index in [1.807, 2.05) is 17.9 Å². The van der Waals surface area contributed by atoms with Crippen molar-refractivity contribution in [3.63, 3.8) is 0 Å². The lowest BCUT2D eigenvalue weighted by Gasteiger charge is -2.39. The molecular weight excluding hydrogens is 228 g/mol. The Kier molecular flexibility index (Phi) is 3.50. The van der Waals surface area contributed by atoms with Crippen molar-refractivity contribution in [2.45, 2.75) is 39.7 Å². The number of nitrogens with one attached hydrogen (secondary N) is 1. The number of aromatic nitrogens is 2. The summed E-state index contributed by atoms with van der Waals surface area (Å²) in [6, 6.07) is 2.30. The molecule has 1 aliphatic heterocycles. The molecule has 0 radical (unpaired) electrons. The minimum atomic E-state index is 0.134. The summed E-state index contributed by atoms with van der Waals surface area (Å²) in [5, 5.41) is 3.35. The van der Waals surface area contributed by atoms with Gasteiger partial charge in [-0.2, -0.15) is 0 Å². The van der Waals surface area contributed by atoms with E-state index >= 15 is 0 Å². The van der Waals surface area contributed by atoms with Gasteiger partial charge in [0.2, 0.25) is 5.91 Å². The van der Waals surface area contributed by atoms with Crippen molar-refractivity contribution in [2.24, 2.45) is 0 Å². The highest BCUT2D eigenvalue weighted by Gasteiger charge is 2.28. The van der Waals surface area contributed by atoms with E-state index in [1.54, 1.807) is 6.92 Å². The highest BCUT2D eigenvalue weighted by Crippen LogP contribution is 2.18. The fourth-order valence-electron chi connectivity index (χ4n) is 2.00. The lowest BCUT2D eigenvalue weighted by atomic mass is 10.1. The van der Waals surface area contributed by atoms with Gasteiger partial charge < -0.3 is 10.2 Å². The van der Waals surface area contributed by atoms with Crippen LogP contribution in [0, 0.1) is 6.92 Å². The van der Waals surface area contributed by atoms with Gasteiger partial charge in [-0.25, -0.2) is 9.97 Å². The molecule has 0 bridgehead atoms. The molecule has 98 valence electrons. The normalized spacial score (nSPS) is 15.7. The predicted molar refractivity (Wildman–Crippen MR) is 70.5 cm³/mol. The molecule has 2 rings (SSSR count). The largest absolute Gasteiger partial charge is 0.364 e. The number of aryl methyl sites for hydroxylation is 1. The van der Waals surface area contributed by atoms with Gasteiger partial charge in [0.15, 0.2) is 0 Å². The van der Waals surface area contributed by atoms with Gasteiger partial charge in [-0.3, -0.25) is 4.79 Å². The van der Waals surface area contributed by atoms with Gasteiger partial charge in [0.05, 0.1) is 6.04 Å². The highest BCUT2D eigenvalue weighted by atomic mass is 16.2. The summed E-state index contributed by atoms with van der Waals surface area (Å²) in [4.78, 5) is 21.7. The Labute approximate surface area is 108 Å². The Morgan fingerprint density at radius 2 is 2.11 bits per heavy atom. The summed E-state index contributed by atoms with van der Waals surface area (Å²) in [5.41, 5.74) is 1.05. The minimum absolute atomic E-state index is 0.134. The number of hydrogen-bond acceptors (Lipinski definition) is 4. The van der Waals surface area contributed by atoms with Crippen LogP contribution >= 0.6 is 0 Å². The van der Waals surface area contributed by atoms with Crippen LogP contribution in [0.5, 0.6) is 0 Å². The third-order valence-electron chi connectivity index (χ3n) is 3.13.